The number of amides is 3. The van der Waals surface area contributed by atoms with Gasteiger partial charge in [0, 0.05) is 51.8 Å². The molecule has 6 N–H and O–H groups in total. The van der Waals surface area contributed by atoms with Gasteiger partial charge in [0.05, 0.1) is 17.2 Å². The standard InChI is InChI=1S/C18H24ClN7O3.ClH/c1-25-10-12(8-13(25)17(28)22-6-4-15(20)21)24-18(29)14-7-11(9-26(14)2)23-16(27)3-5-19;/h7-10H,3-6H2,1-2H3,(H3,20,21)(H,22,28)(H,23,27)(H,24,29);1H. The first-order valence-electron chi connectivity index (χ1n) is 8.82. The lowest BCUT2D eigenvalue weighted by molar-refractivity contribution is -0.115. The third kappa shape index (κ3) is 6.82. The minimum atomic E-state index is -0.389. The molecule has 0 aliphatic carbocycles. The zero-order chi connectivity index (χ0) is 21.6. The summed E-state index contributed by atoms with van der Waals surface area (Å²) in [4.78, 5) is 36.4. The number of carbonyl (C=O) groups excluding carboxylic acids is 3. The zero-order valence-electron chi connectivity index (χ0n) is 16.6. The van der Waals surface area contributed by atoms with E-state index in [9.17, 15) is 14.4 Å². The molecule has 0 atom stereocenters. The summed E-state index contributed by atoms with van der Waals surface area (Å²) >= 11 is 5.54. The number of aryl methyl sites for hydroxylation is 2. The lowest BCUT2D eigenvalue weighted by Crippen LogP contribution is -2.28. The molecule has 0 aliphatic heterocycles. The van der Waals surface area contributed by atoms with Crippen LogP contribution >= 0.6 is 24.0 Å². The highest BCUT2D eigenvalue weighted by Gasteiger charge is 2.16. The molecular formula is C18H25Cl2N7O3. The molecule has 2 aromatic heterocycles. The van der Waals surface area contributed by atoms with Gasteiger partial charge in [-0.15, -0.1) is 24.0 Å². The number of nitrogens with two attached hydrogens (primary N) is 1. The average molecular weight is 458 g/mol. The maximum absolute atomic E-state index is 12.6. The molecule has 30 heavy (non-hydrogen) atoms. The molecule has 164 valence electrons. The topological polar surface area (TPSA) is 147 Å². The molecular weight excluding hydrogens is 433 g/mol. The van der Waals surface area contributed by atoms with Crippen LogP contribution in [0.3, 0.4) is 0 Å². The van der Waals surface area contributed by atoms with Crippen molar-refractivity contribution in [2.45, 2.75) is 12.8 Å². The van der Waals surface area contributed by atoms with E-state index in [4.69, 9.17) is 22.7 Å². The van der Waals surface area contributed by atoms with Crippen molar-refractivity contribution < 1.29 is 14.4 Å². The number of aromatic nitrogens is 2. The predicted octanol–water partition coefficient (Wildman–Crippen LogP) is 1.66. The molecule has 2 rings (SSSR count). The van der Waals surface area contributed by atoms with Crippen LogP contribution in [0.5, 0.6) is 0 Å². The van der Waals surface area contributed by atoms with Crippen molar-refractivity contribution in [3.05, 3.63) is 35.9 Å². The predicted molar refractivity (Wildman–Crippen MR) is 119 cm³/mol. The van der Waals surface area contributed by atoms with E-state index in [0.717, 1.165) is 0 Å². The van der Waals surface area contributed by atoms with Crippen molar-refractivity contribution in [2.75, 3.05) is 23.1 Å². The fourth-order valence-corrected chi connectivity index (χ4v) is 2.79. The number of nitrogens with one attached hydrogen (secondary N) is 4. The molecule has 0 unspecified atom stereocenters. The maximum atomic E-state index is 12.6. The van der Waals surface area contributed by atoms with Gasteiger partial charge in [0.1, 0.15) is 11.4 Å². The van der Waals surface area contributed by atoms with Crippen molar-refractivity contribution in [3.63, 3.8) is 0 Å². The van der Waals surface area contributed by atoms with Gasteiger partial charge in [-0.1, -0.05) is 0 Å². The first-order valence-corrected chi connectivity index (χ1v) is 9.35. The smallest absolute Gasteiger partial charge is 0.272 e. The van der Waals surface area contributed by atoms with Crippen LogP contribution in [-0.2, 0) is 18.9 Å². The van der Waals surface area contributed by atoms with Crippen LogP contribution in [0.2, 0.25) is 0 Å². The Balaban J connectivity index is 0.00000450. The lowest BCUT2D eigenvalue weighted by atomic mass is 10.3. The Morgan fingerprint density at radius 1 is 1.00 bits per heavy atom. The molecule has 10 nitrogen and oxygen atoms in total. The van der Waals surface area contributed by atoms with Crippen molar-refractivity contribution in [1.29, 1.82) is 5.41 Å². The van der Waals surface area contributed by atoms with Gasteiger partial charge < -0.3 is 30.8 Å². The lowest BCUT2D eigenvalue weighted by Gasteiger charge is -2.04. The molecule has 0 aliphatic rings. The van der Waals surface area contributed by atoms with Crippen molar-refractivity contribution in [3.8, 4) is 0 Å². The third-order valence-electron chi connectivity index (χ3n) is 4.02. The molecule has 0 aromatic carbocycles. The maximum Gasteiger partial charge on any atom is 0.272 e. The fourth-order valence-electron chi connectivity index (χ4n) is 2.62. The van der Waals surface area contributed by atoms with Crippen LogP contribution in [0.15, 0.2) is 24.5 Å². The second-order valence-electron chi connectivity index (χ2n) is 6.42. The third-order valence-corrected chi connectivity index (χ3v) is 4.21. The van der Waals surface area contributed by atoms with Gasteiger partial charge in [-0.05, 0) is 12.1 Å². The van der Waals surface area contributed by atoms with Crippen LogP contribution in [-0.4, -0.2) is 45.1 Å². The number of halogens is 2. The van der Waals surface area contributed by atoms with Gasteiger partial charge in [-0.3, -0.25) is 19.8 Å². The van der Waals surface area contributed by atoms with Gasteiger partial charge in [0.25, 0.3) is 11.8 Å². The molecule has 0 bridgehead atoms. The molecule has 0 saturated heterocycles. The first-order chi connectivity index (χ1) is 13.7. The highest BCUT2D eigenvalue weighted by atomic mass is 35.5. The number of hydrogen-bond acceptors (Lipinski definition) is 4. The zero-order valence-corrected chi connectivity index (χ0v) is 18.2. The van der Waals surface area contributed by atoms with Crippen molar-refractivity contribution in [2.24, 2.45) is 19.8 Å². The van der Waals surface area contributed by atoms with Gasteiger partial charge in [-0.2, -0.15) is 0 Å². The molecule has 0 fully saturated rings. The number of nitrogens with zero attached hydrogens (tertiary/aromatic N) is 2. The van der Waals surface area contributed by atoms with E-state index in [1.54, 1.807) is 47.8 Å². The largest absolute Gasteiger partial charge is 0.388 e. The Morgan fingerprint density at radius 2 is 1.53 bits per heavy atom. The summed E-state index contributed by atoms with van der Waals surface area (Å²) in [6.07, 6.45) is 3.68. The quantitative estimate of drug-likeness (QED) is 0.221. The van der Waals surface area contributed by atoms with Crippen LogP contribution < -0.4 is 21.7 Å². The minimum Gasteiger partial charge on any atom is -0.388 e. The fraction of sp³-hybridized carbons (Fsp3) is 0.333. The number of alkyl halides is 1. The van der Waals surface area contributed by atoms with Crippen LogP contribution in [0.4, 0.5) is 11.4 Å². The number of carbonyl (C=O) groups is 3. The molecule has 12 heteroatoms. The van der Waals surface area contributed by atoms with Gasteiger partial charge in [0.2, 0.25) is 5.91 Å². The van der Waals surface area contributed by atoms with E-state index in [1.807, 2.05) is 0 Å². The van der Waals surface area contributed by atoms with Crippen molar-refractivity contribution in [1.82, 2.24) is 14.5 Å². The molecule has 3 amide bonds. The highest BCUT2D eigenvalue weighted by Crippen LogP contribution is 2.17. The summed E-state index contributed by atoms with van der Waals surface area (Å²) in [5.74, 6) is -0.756. The summed E-state index contributed by atoms with van der Waals surface area (Å²) < 4.78 is 3.17. The molecule has 0 radical (unpaired) electrons. The van der Waals surface area contributed by atoms with E-state index in [1.165, 1.54) is 0 Å². The second-order valence-corrected chi connectivity index (χ2v) is 6.80. The van der Waals surface area contributed by atoms with Crippen molar-refractivity contribution >= 4 is 58.9 Å². The van der Waals surface area contributed by atoms with Gasteiger partial charge in [0.15, 0.2) is 0 Å². The Bertz CT molecular complexity index is 936. The van der Waals surface area contributed by atoms with E-state index >= 15 is 0 Å². The number of amidine groups is 1. The van der Waals surface area contributed by atoms with Gasteiger partial charge in [-0.25, -0.2) is 0 Å². The van der Waals surface area contributed by atoms with E-state index < -0.39 is 0 Å². The van der Waals surface area contributed by atoms with E-state index in [0.29, 0.717) is 22.8 Å². The highest BCUT2D eigenvalue weighted by molar-refractivity contribution is 6.19. The Kier molecular flexibility index (Phi) is 9.41. The normalized spacial score (nSPS) is 10.1. The summed E-state index contributed by atoms with van der Waals surface area (Å²) in [7, 11) is 3.37. The Labute approximate surface area is 185 Å². The summed E-state index contributed by atoms with van der Waals surface area (Å²) in [5, 5.41) is 15.2. The first kappa shape index (κ1) is 25.1. The molecule has 0 saturated carbocycles. The van der Waals surface area contributed by atoms with Gasteiger partial charge >= 0.3 is 0 Å². The minimum absolute atomic E-state index is 0. The summed E-state index contributed by atoms with van der Waals surface area (Å²) in [5.41, 5.74) is 6.89. The number of anilines is 2. The summed E-state index contributed by atoms with van der Waals surface area (Å²) in [6, 6.07) is 3.10. The van der Waals surface area contributed by atoms with Crippen LogP contribution in [0.25, 0.3) is 0 Å². The molecule has 2 aromatic rings. The molecule has 0 spiro atoms. The molecule has 2 heterocycles. The van der Waals surface area contributed by atoms with Crippen LogP contribution in [0, 0.1) is 5.41 Å². The van der Waals surface area contributed by atoms with Crippen LogP contribution in [0.1, 0.15) is 33.8 Å². The Morgan fingerprint density at radius 3 is 2.07 bits per heavy atom. The van der Waals surface area contributed by atoms with E-state index in [2.05, 4.69) is 16.0 Å². The number of rotatable bonds is 9. The monoisotopic (exact) mass is 457 g/mol. The van der Waals surface area contributed by atoms with E-state index in [-0.39, 0.29) is 61.2 Å². The number of hydrogen-bond donors (Lipinski definition) is 5. The Hall–Kier alpha value is -2.98. The second kappa shape index (κ2) is 11.3. The average Bonchev–Trinajstić information content (AvgIpc) is 3.16. The summed E-state index contributed by atoms with van der Waals surface area (Å²) in [6.45, 7) is 0.253. The SMILES string of the molecule is Cl.Cn1cc(NC(=O)c2cc(NC(=O)CCCl)cn2C)cc1C(=O)NCCC(=N)N.